The molecule has 1 amide bonds. The molecular weight excluding hydrogens is 705 g/mol. The van der Waals surface area contributed by atoms with Crippen molar-refractivity contribution in [2.45, 2.75) is 66.1 Å². The van der Waals surface area contributed by atoms with Gasteiger partial charge in [0, 0.05) is 19.6 Å². The Kier molecular flexibility index (Phi) is 11.7. The van der Waals surface area contributed by atoms with E-state index in [1.54, 1.807) is 0 Å². The molecule has 0 radical (unpaired) electrons. The Morgan fingerprint density at radius 2 is 1.02 bits per heavy atom. The summed E-state index contributed by atoms with van der Waals surface area (Å²) in [4.78, 5) is 11.1. The van der Waals surface area contributed by atoms with Gasteiger partial charge in [0.25, 0.3) is 16.0 Å². The molecule has 0 aliphatic heterocycles. The zero-order chi connectivity index (χ0) is 36.0. The lowest BCUT2D eigenvalue weighted by atomic mass is 9.87. The third kappa shape index (κ3) is 6.87. The van der Waals surface area contributed by atoms with E-state index in [1.807, 2.05) is 5.32 Å². The number of halogens is 19. The number of nitrogens with zero attached hydrogens (tertiary/aromatic N) is 1. The van der Waals surface area contributed by atoms with Crippen LogP contribution in [0.5, 0.6) is 0 Å². The number of nitrogens with one attached hydrogen (secondary N) is 1. The zero-order valence-electron chi connectivity index (χ0n) is 20.8. The fourth-order valence-electron chi connectivity index (χ4n) is 2.96. The summed E-state index contributed by atoms with van der Waals surface area (Å²) >= 11 is 0. The maximum absolute atomic E-state index is 14.4. The van der Waals surface area contributed by atoms with E-state index in [0.29, 0.717) is 0 Å². The van der Waals surface area contributed by atoms with Crippen molar-refractivity contribution in [3.8, 4) is 0 Å². The summed E-state index contributed by atoms with van der Waals surface area (Å²) in [6.07, 6.45) is -11.5. The Morgan fingerprint density at radius 1 is 0.682 bits per heavy atom. The minimum absolute atomic E-state index is 0.795. The van der Waals surface area contributed by atoms with Crippen molar-refractivity contribution in [2.75, 3.05) is 32.4 Å². The Bertz CT molecular complexity index is 1130. The van der Waals surface area contributed by atoms with Gasteiger partial charge >= 0.3 is 53.6 Å². The van der Waals surface area contributed by atoms with Crippen LogP contribution in [0.15, 0.2) is 0 Å². The summed E-state index contributed by atoms with van der Waals surface area (Å²) in [6.45, 7) is -4.21. The first-order valence-electron chi connectivity index (χ1n) is 10.6. The van der Waals surface area contributed by atoms with E-state index in [1.165, 1.54) is 0 Å². The summed E-state index contributed by atoms with van der Waals surface area (Å²) < 4.78 is 286. The van der Waals surface area contributed by atoms with E-state index >= 15 is 0 Å². The number of amides is 1. The fraction of sp³-hybridized carbons (Fsp3) is 0.941. The normalized spacial score (nSPS) is 16.2. The summed E-state index contributed by atoms with van der Waals surface area (Å²) in [5, 5.41) is 11.6. The molecule has 0 aliphatic rings. The first kappa shape index (κ1) is 42.0. The molecule has 0 bridgehead atoms. The summed E-state index contributed by atoms with van der Waals surface area (Å²) in [6, 6.07) is 0. The standard InChI is InChI=1S/C17H17F19N2O5S/c1-37-5-7(39)6-38(3-2-4-44(41,42)43)8(40)9(18,19)10(20,21)11(22,23)12(24,25)13(26,27)14(28,29)15(30,31)16(32,33)17(34,35)36/h7,37,39H,2-6H2,1H3,(H,41,42,43). The van der Waals surface area contributed by atoms with E-state index < -0.39 is 112 Å². The van der Waals surface area contributed by atoms with Crippen LogP contribution in [0.2, 0.25) is 0 Å². The number of hydrogen-bond donors (Lipinski definition) is 3. The summed E-state index contributed by atoms with van der Waals surface area (Å²) in [5.74, 6) is -75.0. The molecule has 0 rings (SSSR count). The number of rotatable bonds is 16. The smallest absolute Gasteiger partial charge is 0.390 e. The van der Waals surface area contributed by atoms with Gasteiger partial charge in [-0.1, -0.05) is 0 Å². The SMILES string of the molecule is CNCC(O)CN(CCCS(=O)(=O)O)C(=O)C(F)(F)C(F)(F)C(F)(F)C(F)(F)C(F)(F)C(F)(F)C(F)(F)C(F)(F)C(F)(F)F. The molecule has 0 heterocycles. The fourth-order valence-corrected chi connectivity index (χ4v) is 3.46. The van der Waals surface area contributed by atoms with Crippen LogP contribution in [0.4, 0.5) is 83.4 Å². The highest BCUT2D eigenvalue weighted by molar-refractivity contribution is 7.85. The lowest BCUT2D eigenvalue weighted by Crippen LogP contribution is -2.76. The monoisotopic (exact) mass is 722 g/mol. The van der Waals surface area contributed by atoms with E-state index in [4.69, 9.17) is 4.55 Å². The summed E-state index contributed by atoms with van der Waals surface area (Å²) in [5.41, 5.74) is 0. The zero-order valence-corrected chi connectivity index (χ0v) is 21.6. The topological polar surface area (TPSA) is 107 Å². The van der Waals surface area contributed by atoms with Crippen LogP contribution in [-0.4, -0.2) is 121 Å². The Hall–Kier alpha value is -2.03. The second kappa shape index (κ2) is 12.3. The van der Waals surface area contributed by atoms with Crippen LogP contribution in [0, 0.1) is 0 Å². The maximum Gasteiger partial charge on any atom is 0.460 e. The quantitative estimate of drug-likeness (QED) is 0.162. The molecule has 0 spiro atoms. The minimum Gasteiger partial charge on any atom is -0.390 e. The molecule has 1 atom stereocenters. The molecule has 1 unspecified atom stereocenters. The maximum atomic E-state index is 14.4. The average Bonchev–Trinajstić information content (AvgIpc) is 2.80. The molecule has 3 N–H and O–H groups in total. The predicted octanol–water partition coefficient (Wildman–Crippen LogP) is 4.32. The second-order valence-corrected chi connectivity index (χ2v) is 10.3. The molecule has 264 valence electrons. The van der Waals surface area contributed by atoms with Gasteiger partial charge in [0.05, 0.1) is 11.9 Å². The molecule has 44 heavy (non-hydrogen) atoms. The molecule has 0 saturated carbocycles. The Morgan fingerprint density at radius 3 is 1.34 bits per heavy atom. The van der Waals surface area contributed by atoms with Gasteiger partial charge in [-0.15, -0.1) is 0 Å². The Labute approximate surface area is 232 Å². The molecular formula is C17H17F19N2O5S. The average molecular weight is 722 g/mol. The first-order valence-corrected chi connectivity index (χ1v) is 12.2. The minimum atomic E-state index is -9.16. The lowest BCUT2D eigenvalue weighted by Gasteiger charge is -2.44. The molecule has 0 saturated heterocycles. The van der Waals surface area contributed by atoms with Crippen LogP contribution in [0.25, 0.3) is 0 Å². The highest BCUT2D eigenvalue weighted by atomic mass is 32.2. The van der Waals surface area contributed by atoms with Crippen molar-refractivity contribution in [1.29, 1.82) is 0 Å². The van der Waals surface area contributed by atoms with Crippen LogP contribution >= 0.6 is 0 Å². The number of hydrogen-bond acceptors (Lipinski definition) is 5. The third-order valence-corrected chi connectivity index (χ3v) is 6.18. The van der Waals surface area contributed by atoms with Crippen molar-refractivity contribution in [3.05, 3.63) is 0 Å². The number of carbonyl (C=O) groups is 1. The van der Waals surface area contributed by atoms with Gasteiger partial charge in [-0.25, -0.2) is 0 Å². The van der Waals surface area contributed by atoms with Gasteiger partial charge in [0.1, 0.15) is 0 Å². The molecule has 0 aliphatic carbocycles. The van der Waals surface area contributed by atoms with Crippen molar-refractivity contribution in [2.24, 2.45) is 0 Å². The van der Waals surface area contributed by atoms with Gasteiger partial charge in [0.15, 0.2) is 0 Å². The molecule has 27 heteroatoms. The van der Waals surface area contributed by atoms with Crippen molar-refractivity contribution >= 4 is 16.0 Å². The number of alkyl halides is 19. The van der Waals surface area contributed by atoms with Crippen LogP contribution in [0.3, 0.4) is 0 Å². The predicted molar refractivity (Wildman–Crippen MR) is 103 cm³/mol. The van der Waals surface area contributed by atoms with E-state index in [0.717, 1.165) is 7.05 Å². The highest BCUT2D eigenvalue weighted by Crippen LogP contribution is 2.65. The van der Waals surface area contributed by atoms with Crippen molar-refractivity contribution in [1.82, 2.24) is 10.2 Å². The van der Waals surface area contributed by atoms with Gasteiger partial charge in [-0.05, 0) is 13.5 Å². The van der Waals surface area contributed by atoms with Gasteiger partial charge < -0.3 is 15.3 Å². The van der Waals surface area contributed by atoms with E-state index in [9.17, 15) is 102 Å². The summed E-state index contributed by atoms with van der Waals surface area (Å²) in [7, 11) is -4.07. The van der Waals surface area contributed by atoms with Gasteiger partial charge in [0.2, 0.25) is 0 Å². The van der Waals surface area contributed by atoms with E-state index in [-0.39, 0.29) is 0 Å². The second-order valence-electron chi connectivity index (χ2n) is 8.70. The van der Waals surface area contributed by atoms with E-state index in [2.05, 4.69) is 0 Å². The highest BCUT2D eigenvalue weighted by Gasteiger charge is 2.97. The largest absolute Gasteiger partial charge is 0.460 e. The number of aliphatic hydroxyl groups is 1. The molecule has 7 nitrogen and oxygen atoms in total. The number of carbonyl (C=O) groups excluding carboxylic acids is 1. The van der Waals surface area contributed by atoms with Gasteiger partial charge in [-0.3, -0.25) is 9.35 Å². The van der Waals surface area contributed by atoms with Crippen LogP contribution in [-0.2, 0) is 14.9 Å². The molecule has 0 aromatic rings. The first-order chi connectivity index (χ1) is 19.0. The van der Waals surface area contributed by atoms with Crippen LogP contribution < -0.4 is 5.32 Å². The van der Waals surface area contributed by atoms with Crippen LogP contribution in [0.1, 0.15) is 6.42 Å². The molecule has 0 fully saturated rings. The molecule has 0 aromatic carbocycles. The van der Waals surface area contributed by atoms with Crippen molar-refractivity contribution in [3.63, 3.8) is 0 Å². The Balaban J connectivity index is 6.99. The third-order valence-electron chi connectivity index (χ3n) is 5.37. The lowest BCUT2D eigenvalue weighted by molar-refractivity contribution is -0.467. The van der Waals surface area contributed by atoms with Gasteiger partial charge in [-0.2, -0.15) is 91.8 Å². The molecule has 0 aromatic heterocycles. The number of aliphatic hydroxyl groups excluding tert-OH is 1. The van der Waals surface area contributed by atoms with Crippen molar-refractivity contribution < 1.29 is 106 Å². The number of likely N-dealkylation sites (N-methyl/N-ethyl adjacent to an activating group) is 1.